The molecule has 24 heavy (non-hydrogen) atoms. The number of amides is 1. The van der Waals surface area contributed by atoms with Gasteiger partial charge < -0.3 is 10.2 Å². The standard InChI is InChI=1S/C18H25N5O/c1-13-9-14(2)23(21-13)12-18(24)22-8-4-5-16(11-22)15-6-7-20-17(10-15)19-3/h6-7,9-10,16H,4-5,8,11-12H2,1-3H3,(H,19,20)/t16-/m0/s1. The van der Waals surface area contributed by atoms with Crippen LogP contribution in [0, 0.1) is 13.8 Å². The SMILES string of the molecule is CNc1cc([C@H]2CCCN(C(=O)Cn3nc(C)cc3C)C2)ccn1. The Bertz CT molecular complexity index is 724. The number of carbonyl (C=O) groups is 1. The van der Waals surface area contributed by atoms with E-state index >= 15 is 0 Å². The summed E-state index contributed by atoms with van der Waals surface area (Å²) in [6.45, 7) is 5.87. The quantitative estimate of drug-likeness (QED) is 0.936. The van der Waals surface area contributed by atoms with Crippen molar-refractivity contribution in [1.82, 2.24) is 19.7 Å². The lowest BCUT2D eigenvalue weighted by Crippen LogP contribution is -2.41. The number of anilines is 1. The van der Waals surface area contributed by atoms with Gasteiger partial charge in [0.05, 0.1) is 5.69 Å². The molecule has 0 unspecified atom stereocenters. The third-order valence-electron chi connectivity index (χ3n) is 4.67. The third-order valence-corrected chi connectivity index (χ3v) is 4.67. The summed E-state index contributed by atoms with van der Waals surface area (Å²) < 4.78 is 1.80. The monoisotopic (exact) mass is 327 g/mol. The van der Waals surface area contributed by atoms with Crippen LogP contribution in [0.2, 0.25) is 0 Å². The average molecular weight is 327 g/mol. The molecule has 6 nitrogen and oxygen atoms in total. The highest BCUT2D eigenvalue weighted by Crippen LogP contribution is 2.28. The van der Waals surface area contributed by atoms with Gasteiger partial charge in [-0.25, -0.2) is 4.98 Å². The zero-order valence-electron chi connectivity index (χ0n) is 14.6. The molecule has 1 fully saturated rings. The first-order valence-corrected chi connectivity index (χ1v) is 8.49. The molecule has 1 aliphatic heterocycles. The molecule has 3 heterocycles. The molecule has 1 aliphatic rings. The highest BCUT2D eigenvalue weighted by Gasteiger charge is 2.25. The van der Waals surface area contributed by atoms with Gasteiger partial charge in [-0.05, 0) is 50.5 Å². The summed E-state index contributed by atoms with van der Waals surface area (Å²) in [6, 6.07) is 6.14. The van der Waals surface area contributed by atoms with Crippen molar-refractivity contribution in [3.63, 3.8) is 0 Å². The lowest BCUT2D eigenvalue weighted by molar-refractivity contribution is -0.133. The second-order valence-corrected chi connectivity index (χ2v) is 6.49. The van der Waals surface area contributed by atoms with Crippen molar-refractivity contribution < 1.29 is 4.79 Å². The van der Waals surface area contributed by atoms with E-state index in [2.05, 4.69) is 27.5 Å². The molecule has 128 valence electrons. The number of aryl methyl sites for hydroxylation is 2. The van der Waals surface area contributed by atoms with Crippen LogP contribution in [-0.2, 0) is 11.3 Å². The Morgan fingerprint density at radius 1 is 1.38 bits per heavy atom. The van der Waals surface area contributed by atoms with Gasteiger partial charge in [0.1, 0.15) is 12.4 Å². The minimum Gasteiger partial charge on any atom is -0.373 e. The molecule has 0 bridgehead atoms. The largest absolute Gasteiger partial charge is 0.373 e. The number of rotatable bonds is 4. The lowest BCUT2D eigenvalue weighted by atomic mass is 9.91. The van der Waals surface area contributed by atoms with Crippen LogP contribution in [0.15, 0.2) is 24.4 Å². The molecule has 0 saturated carbocycles. The molecule has 0 aliphatic carbocycles. The maximum Gasteiger partial charge on any atom is 0.244 e. The molecule has 1 N–H and O–H groups in total. The molecule has 6 heteroatoms. The number of nitrogens with one attached hydrogen (secondary N) is 1. The first-order chi connectivity index (χ1) is 11.6. The second kappa shape index (κ2) is 7.03. The summed E-state index contributed by atoms with van der Waals surface area (Å²) in [4.78, 5) is 18.9. The molecule has 2 aromatic heterocycles. The van der Waals surface area contributed by atoms with Crippen LogP contribution in [-0.4, -0.2) is 45.7 Å². The van der Waals surface area contributed by atoms with Gasteiger partial charge in [-0.3, -0.25) is 9.48 Å². The number of nitrogens with zero attached hydrogens (tertiary/aromatic N) is 4. The Labute approximate surface area is 142 Å². The Hall–Kier alpha value is -2.37. The molecule has 1 saturated heterocycles. The van der Waals surface area contributed by atoms with Crippen LogP contribution in [0.3, 0.4) is 0 Å². The van der Waals surface area contributed by atoms with Gasteiger partial charge in [0, 0.05) is 37.9 Å². The Balaban J connectivity index is 1.68. The van der Waals surface area contributed by atoms with E-state index in [0.29, 0.717) is 12.5 Å². The van der Waals surface area contributed by atoms with Crippen molar-refractivity contribution in [1.29, 1.82) is 0 Å². The molecule has 0 radical (unpaired) electrons. The topological polar surface area (TPSA) is 63.1 Å². The van der Waals surface area contributed by atoms with Crippen molar-refractivity contribution in [2.24, 2.45) is 0 Å². The molecule has 0 aromatic carbocycles. The van der Waals surface area contributed by atoms with E-state index in [-0.39, 0.29) is 5.91 Å². The summed E-state index contributed by atoms with van der Waals surface area (Å²) in [7, 11) is 1.87. The zero-order valence-corrected chi connectivity index (χ0v) is 14.6. The van der Waals surface area contributed by atoms with Crippen molar-refractivity contribution in [2.75, 3.05) is 25.5 Å². The molecule has 1 atom stereocenters. The van der Waals surface area contributed by atoms with Crippen molar-refractivity contribution in [2.45, 2.75) is 39.2 Å². The highest BCUT2D eigenvalue weighted by molar-refractivity contribution is 5.76. The van der Waals surface area contributed by atoms with Crippen molar-refractivity contribution in [3.8, 4) is 0 Å². The third kappa shape index (κ3) is 3.58. The molecule has 3 rings (SSSR count). The average Bonchev–Trinajstić information content (AvgIpc) is 2.92. The number of piperidine rings is 1. The minimum atomic E-state index is 0.147. The molecule has 2 aromatic rings. The van der Waals surface area contributed by atoms with E-state index < -0.39 is 0 Å². The number of aromatic nitrogens is 3. The fourth-order valence-electron chi connectivity index (χ4n) is 3.38. The Morgan fingerprint density at radius 2 is 2.21 bits per heavy atom. The fraction of sp³-hybridized carbons (Fsp3) is 0.500. The molecular weight excluding hydrogens is 302 g/mol. The Morgan fingerprint density at radius 3 is 2.92 bits per heavy atom. The smallest absolute Gasteiger partial charge is 0.244 e. The van der Waals surface area contributed by atoms with E-state index in [0.717, 1.165) is 43.1 Å². The predicted octanol–water partition coefficient (Wildman–Crippen LogP) is 2.34. The number of hydrogen-bond donors (Lipinski definition) is 1. The first kappa shape index (κ1) is 16.5. The van der Waals surface area contributed by atoms with Crippen LogP contribution in [0.1, 0.15) is 35.7 Å². The molecule has 0 spiro atoms. The summed E-state index contributed by atoms with van der Waals surface area (Å²) in [6.07, 6.45) is 3.97. The van der Waals surface area contributed by atoms with Gasteiger partial charge in [-0.15, -0.1) is 0 Å². The number of pyridine rings is 1. The number of likely N-dealkylation sites (tertiary alicyclic amines) is 1. The lowest BCUT2D eigenvalue weighted by Gasteiger charge is -2.33. The van der Waals surface area contributed by atoms with Gasteiger partial charge in [0.2, 0.25) is 5.91 Å². The van der Waals surface area contributed by atoms with Crippen LogP contribution < -0.4 is 5.32 Å². The zero-order chi connectivity index (χ0) is 17.1. The fourth-order valence-corrected chi connectivity index (χ4v) is 3.38. The predicted molar refractivity (Wildman–Crippen MR) is 94.0 cm³/mol. The van der Waals surface area contributed by atoms with Crippen LogP contribution in [0.25, 0.3) is 0 Å². The summed E-state index contributed by atoms with van der Waals surface area (Å²) in [5, 5.41) is 7.48. The van der Waals surface area contributed by atoms with E-state index in [9.17, 15) is 4.79 Å². The van der Waals surface area contributed by atoms with Gasteiger partial charge in [-0.1, -0.05) is 0 Å². The summed E-state index contributed by atoms with van der Waals surface area (Å²) in [5.74, 6) is 1.39. The van der Waals surface area contributed by atoms with Gasteiger partial charge in [0.25, 0.3) is 0 Å². The highest BCUT2D eigenvalue weighted by atomic mass is 16.2. The van der Waals surface area contributed by atoms with Crippen molar-refractivity contribution in [3.05, 3.63) is 41.3 Å². The van der Waals surface area contributed by atoms with Gasteiger partial charge in [-0.2, -0.15) is 5.10 Å². The van der Waals surface area contributed by atoms with Crippen LogP contribution in [0.4, 0.5) is 5.82 Å². The molecular formula is C18H25N5O. The van der Waals surface area contributed by atoms with E-state index in [4.69, 9.17) is 0 Å². The van der Waals surface area contributed by atoms with Gasteiger partial charge in [0.15, 0.2) is 0 Å². The number of hydrogen-bond acceptors (Lipinski definition) is 4. The summed E-state index contributed by atoms with van der Waals surface area (Å²) in [5.41, 5.74) is 3.23. The van der Waals surface area contributed by atoms with E-state index in [1.807, 2.05) is 38.1 Å². The summed E-state index contributed by atoms with van der Waals surface area (Å²) >= 11 is 0. The van der Waals surface area contributed by atoms with Crippen molar-refractivity contribution >= 4 is 11.7 Å². The number of carbonyl (C=O) groups excluding carboxylic acids is 1. The minimum absolute atomic E-state index is 0.147. The van der Waals surface area contributed by atoms with Crippen LogP contribution in [0.5, 0.6) is 0 Å². The maximum atomic E-state index is 12.7. The van der Waals surface area contributed by atoms with Crippen LogP contribution >= 0.6 is 0 Å². The van der Waals surface area contributed by atoms with Gasteiger partial charge >= 0.3 is 0 Å². The molecule has 1 amide bonds. The maximum absolute atomic E-state index is 12.7. The second-order valence-electron chi connectivity index (χ2n) is 6.49. The normalized spacial score (nSPS) is 17.8. The first-order valence-electron chi connectivity index (χ1n) is 8.49. The van der Waals surface area contributed by atoms with E-state index in [1.54, 1.807) is 4.68 Å². The van der Waals surface area contributed by atoms with E-state index in [1.165, 1.54) is 5.56 Å². The Kier molecular flexibility index (Phi) is 4.83.